The molecule has 0 aliphatic rings. The van der Waals surface area contributed by atoms with Crippen molar-refractivity contribution in [2.75, 3.05) is 0 Å². The van der Waals surface area contributed by atoms with Gasteiger partial charge in [-0.1, -0.05) is 18.2 Å². The van der Waals surface area contributed by atoms with Crippen molar-refractivity contribution in [2.24, 2.45) is 0 Å². The Morgan fingerprint density at radius 1 is 1.22 bits per heavy atom. The van der Waals surface area contributed by atoms with Crippen LogP contribution in [-0.2, 0) is 6.54 Å². The minimum Gasteiger partial charge on any atom is -0.462 e. The van der Waals surface area contributed by atoms with Gasteiger partial charge in [-0.3, -0.25) is 0 Å². The van der Waals surface area contributed by atoms with E-state index in [-0.39, 0.29) is 0 Å². The summed E-state index contributed by atoms with van der Waals surface area (Å²) in [7, 11) is 0. The molecule has 4 nitrogen and oxygen atoms in total. The zero-order chi connectivity index (χ0) is 15.6. The molecule has 0 atom stereocenters. The molecule has 0 aliphatic carbocycles. The number of para-hydroxylation sites is 1. The lowest BCUT2D eigenvalue weighted by Crippen LogP contribution is -1.94. The maximum Gasteiger partial charge on any atom is 0.162 e. The van der Waals surface area contributed by atoms with Gasteiger partial charge in [-0.2, -0.15) is 5.26 Å². The van der Waals surface area contributed by atoms with Crippen LogP contribution in [-0.4, -0.2) is 9.55 Å². The summed E-state index contributed by atoms with van der Waals surface area (Å²) in [6.07, 6.45) is 4.24. The summed E-state index contributed by atoms with van der Waals surface area (Å²) in [5.41, 5.74) is 3.16. The molecule has 23 heavy (non-hydrogen) atoms. The number of furan rings is 1. The molecule has 1 aromatic carbocycles. The molecule has 0 unspecified atom stereocenters. The van der Waals surface area contributed by atoms with E-state index in [1.54, 1.807) is 17.6 Å². The Hall–Kier alpha value is -2.84. The van der Waals surface area contributed by atoms with Crippen LogP contribution in [0.5, 0.6) is 0 Å². The van der Waals surface area contributed by atoms with E-state index in [1.807, 2.05) is 29.6 Å². The Balaban J connectivity index is 1.81. The van der Waals surface area contributed by atoms with E-state index in [2.05, 4.69) is 29.0 Å². The summed E-state index contributed by atoms with van der Waals surface area (Å²) < 4.78 is 7.55. The molecule has 0 fully saturated rings. The van der Waals surface area contributed by atoms with Crippen LogP contribution >= 0.6 is 11.3 Å². The van der Waals surface area contributed by atoms with Gasteiger partial charge in [0.2, 0.25) is 0 Å². The highest BCUT2D eigenvalue weighted by Gasteiger charge is 2.14. The van der Waals surface area contributed by atoms with Crippen molar-refractivity contribution < 1.29 is 4.42 Å². The van der Waals surface area contributed by atoms with Crippen LogP contribution in [0.25, 0.3) is 32.9 Å². The van der Waals surface area contributed by atoms with E-state index in [1.165, 1.54) is 0 Å². The molecule has 0 N–H and O–H groups in total. The molecule has 0 radical (unpaired) electrons. The number of aromatic nitrogens is 2. The van der Waals surface area contributed by atoms with Crippen molar-refractivity contribution >= 4 is 22.2 Å². The summed E-state index contributed by atoms with van der Waals surface area (Å²) in [5, 5.41) is 12.9. The van der Waals surface area contributed by atoms with Crippen LogP contribution in [0.3, 0.4) is 0 Å². The average molecular weight is 319 g/mol. The maximum atomic E-state index is 8.85. The molecule has 5 heteroatoms. The van der Waals surface area contributed by atoms with Gasteiger partial charge >= 0.3 is 0 Å². The average Bonchev–Trinajstić information content (AvgIpc) is 3.31. The smallest absolute Gasteiger partial charge is 0.162 e. The monoisotopic (exact) mass is 319 g/mol. The summed E-state index contributed by atoms with van der Waals surface area (Å²) in [5.74, 6) is 0.787. The third kappa shape index (κ3) is 2.43. The lowest BCUT2D eigenvalue weighted by molar-refractivity contribution is 0.582. The second kappa shape index (κ2) is 5.75. The van der Waals surface area contributed by atoms with Crippen molar-refractivity contribution in [1.29, 1.82) is 5.26 Å². The highest BCUT2D eigenvalue weighted by atomic mass is 32.1. The maximum absolute atomic E-state index is 8.85. The number of fused-ring (bicyclic) bond motifs is 1. The summed E-state index contributed by atoms with van der Waals surface area (Å²) >= 11 is 1.57. The second-order valence-corrected chi connectivity index (χ2v) is 6.03. The largest absolute Gasteiger partial charge is 0.462 e. The van der Waals surface area contributed by atoms with Crippen molar-refractivity contribution in [1.82, 2.24) is 9.55 Å². The lowest BCUT2D eigenvalue weighted by atomic mass is 10.1. The zero-order valence-electron chi connectivity index (χ0n) is 12.3. The number of thiazole rings is 1. The summed E-state index contributed by atoms with van der Waals surface area (Å²) in [4.78, 5) is 4.71. The van der Waals surface area contributed by atoms with Gasteiger partial charge in [-0.05, 0) is 18.2 Å². The van der Waals surface area contributed by atoms with Crippen molar-refractivity contribution in [3.8, 4) is 28.1 Å². The van der Waals surface area contributed by atoms with Gasteiger partial charge in [0.1, 0.15) is 0 Å². The third-order valence-corrected chi connectivity index (χ3v) is 4.62. The van der Waals surface area contributed by atoms with E-state index < -0.39 is 0 Å². The quantitative estimate of drug-likeness (QED) is 0.535. The highest BCUT2D eigenvalue weighted by Crippen LogP contribution is 2.34. The Bertz CT molecular complexity index is 989. The number of nitriles is 1. The number of aryl methyl sites for hydroxylation is 1. The predicted octanol–water partition coefficient (Wildman–Crippen LogP) is 4.94. The molecule has 0 saturated heterocycles. The Kier molecular flexibility index (Phi) is 3.45. The van der Waals surface area contributed by atoms with Gasteiger partial charge in [0.15, 0.2) is 10.8 Å². The fraction of sp³-hybridized carbons (Fsp3) is 0.111. The van der Waals surface area contributed by atoms with Crippen LogP contribution in [0.1, 0.15) is 6.42 Å². The number of benzene rings is 1. The third-order valence-electron chi connectivity index (χ3n) is 3.77. The van der Waals surface area contributed by atoms with E-state index >= 15 is 0 Å². The molecule has 0 amide bonds. The molecule has 0 aliphatic heterocycles. The minimum atomic E-state index is 0.493. The normalized spacial score (nSPS) is 10.9. The van der Waals surface area contributed by atoms with Crippen molar-refractivity contribution in [2.45, 2.75) is 13.0 Å². The number of rotatable bonds is 4. The molecule has 3 heterocycles. The number of hydrogen-bond acceptors (Lipinski definition) is 4. The van der Waals surface area contributed by atoms with Gasteiger partial charge in [0.05, 0.1) is 24.4 Å². The van der Waals surface area contributed by atoms with Gasteiger partial charge in [-0.25, -0.2) is 4.98 Å². The fourth-order valence-electron chi connectivity index (χ4n) is 2.72. The van der Waals surface area contributed by atoms with Crippen molar-refractivity contribution in [3.05, 3.63) is 54.2 Å². The summed E-state index contributed by atoms with van der Waals surface area (Å²) in [6, 6.07) is 14.2. The second-order valence-electron chi connectivity index (χ2n) is 5.18. The molecular formula is C18H13N3OS. The molecule has 4 aromatic rings. The number of hydrogen-bond donors (Lipinski definition) is 0. The van der Waals surface area contributed by atoms with E-state index in [0.717, 1.165) is 32.9 Å². The van der Waals surface area contributed by atoms with Crippen LogP contribution < -0.4 is 0 Å². The fourth-order valence-corrected chi connectivity index (χ4v) is 3.50. The first kappa shape index (κ1) is 13.8. The van der Waals surface area contributed by atoms with Crippen LogP contribution in [0.15, 0.2) is 58.7 Å². The standard InChI is InChI=1S/C18H13N3OS/c19-8-4-9-21-11-14(13-5-1-2-6-16(13)21)15-12-23-18(20-15)17-7-3-10-22-17/h1-3,5-7,10-12H,4,9H2. The van der Waals surface area contributed by atoms with E-state index in [0.29, 0.717) is 13.0 Å². The SMILES string of the molecule is N#CCCn1cc(-c2csc(-c3ccco3)n2)c2ccccc21. The van der Waals surface area contributed by atoms with E-state index in [4.69, 9.17) is 14.7 Å². The molecule has 112 valence electrons. The predicted molar refractivity (Wildman–Crippen MR) is 91.0 cm³/mol. The Morgan fingerprint density at radius 2 is 2.13 bits per heavy atom. The van der Waals surface area contributed by atoms with Gasteiger partial charge in [0, 0.05) is 34.6 Å². The molecule has 0 spiro atoms. The topological polar surface area (TPSA) is 54.8 Å². The molecule has 4 rings (SSSR count). The van der Waals surface area contributed by atoms with Gasteiger partial charge < -0.3 is 8.98 Å². The molecular weight excluding hydrogens is 306 g/mol. The summed E-state index contributed by atoms with van der Waals surface area (Å²) in [6.45, 7) is 0.687. The van der Waals surface area contributed by atoms with Crippen LogP contribution in [0, 0.1) is 11.3 Å². The number of nitrogens with zero attached hydrogens (tertiary/aromatic N) is 3. The van der Waals surface area contributed by atoms with Crippen molar-refractivity contribution in [3.63, 3.8) is 0 Å². The van der Waals surface area contributed by atoms with Gasteiger partial charge in [0.25, 0.3) is 0 Å². The highest BCUT2D eigenvalue weighted by molar-refractivity contribution is 7.13. The minimum absolute atomic E-state index is 0.493. The van der Waals surface area contributed by atoms with Crippen LogP contribution in [0.4, 0.5) is 0 Å². The Morgan fingerprint density at radius 3 is 2.96 bits per heavy atom. The molecule has 0 saturated carbocycles. The van der Waals surface area contributed by atoms with Crippen LogP contribution in [0.2, 0.25) is 0 Å². The van der Waals surface area contributed by atoms with E-state index in [9.17, 15) is 0 Å². The Labute approximate surface area is 137 Å². The molecule has 3 aromatic heterocycles. The first-order chi connectivity index (χ1) is 11.4. The lowest BCUT2D eigenvalue weighted by Gasteiger charge is -2.00. The first-order valence-corrected chi connectivity index (χ1v) is 8.19. The zero-order valence-corrected chi connectivity index (χ0v) is 13.1. The first-order valence-electron chi connectivity index (χ1n) is 7.31. The molecule has 0 bridgehead atoms. The van der Waals surface area contributed by atoms with Gasteiger partial charge in [-0.15, -0.1) is 11.3 Å².